The quantitative estimate of drug-likeness (QED) is 0.572. The van der Waals surface area contributed by atoms with Crippen molar-refractivity contribution in [1.29, 1.82) is 5.26 Å². The zero-order chi connectivity index (χ0) is 22.3. The van der Waals surface area contributed by atoms with Crippen LogP contribution in [0.1, 0.15) is 44.1 Å². The lowest BCUT2D eigenvalue weighted by molar-refractivity contribution is 0.226. The Kier molecular flexibility index (Phi) is 7.13. The number of aromatic hydroxyl groups is 1. The Morgan fingerprint density at radius 1 is 1.03 bits per heavy atom. The molecule has 168 valence electrons. The summed E-state index contributed by atoms with van der Waals surface area (Å²) in [5.41, 5.74) is 2.41. The van der Waals surface area contributed by atoms with Crippen LogP contribution in [0.4, 0.5) is 16.2 Å². The molecule has 1 unspecified atom stereocenters. The van der Waals surface area contributed by atoms with Crippen molar-refractivity contribution in [3.8, 4) is 11.8 Å². The molecule has 0 aromatic heterocycles. The smallest absolute Gasteiger partial charge is 0.319 e. The number of rotatable bonds is 5. The van der Waals surface area contributed by atoms with Crippen molar-refractivity contribution in [2.75, 3.05) is 23.3 Å². The van der Waals surface area contributed by atoms with Gasteiger partial charge in [0.1, 0.15) is 5.75 Å². The highest BCUT2D eigenvalue weighted by Gasteiger charge is 2.30. The fourth-order valence-corrected chi connectivity index (χ4v) is 4.82. The molecule has 1 aliphatic heterocycles. The Labute approximate surface area is 189 Å². The molecule has 1 saturated carbocycles. The first-order chi connectivity index (χ1) is 15.6. The summed E-state index contributed by atoms with van der Waals surface area (Å²) in [6, 6.07) is 17.0. The summed E-state index contributed by atoms with van der Waals surface area (Å²) in [7, 11) is 0. The fourth-order valence-electron chi connectivity index (χ4n) is 4.82. The lowest BCUT2D eigenvalue weighted by atomic mass is 9.89. The number of nitriles is 1. The molecule has 4 N–H and O–H groups in total. The van der Waals surface area contributed by atoms with Crippen molar-refractivity contribution in [2.24, 2.45) is 0 Å². The number of anilines is 2. The van der Waals surface area contributed by atoms with Crippen LogP contribution in [0.5, 0.6) is 5.75 Å². The Balaban J connectivity index is 1.34. The van der Waals surface area contributed by atoms with E-state index in [0.29, 0.717) is 17.3 Å². The van der Waals surface area contributed by atoms with Crippen LogP contribution in [0.25, 0.3) is 0 Å². The van der Waals surface area contributed by atoms with E-state index in [4.69, 9.17) is 5.26 Å². The minimum Gasteiger partial charge on any atom is -0.508 e. The van der Waals surface area contributed by atoms with Crippen LogP contribution < -0.4 is 20.9 Å². The summed E-state index contributed by atoms with van der Waals surface area (Å²) in [4.78, 5) is 14.9. The van der Waals surface area contributed by atoms with E-state index in [9.17, 15) is 9.90 Å². The zero-order valence-electron chi connectivity index (χ0n) is 18.3. The minimum atomic E-state index is -0.239. The molecule has 32 heavy (non-hydrogen) atoms. The van der Waals surface area contributed by atoms with Crippen LogP contribution in [-0.2, 0) is 0 Å². The van der Waals surface area contributed by atoms with Gasteiger partial charge in [-0.25, -0.2) is 4.79 Å². The normalized spacial score (nSPS) is 23.2. The molecule has 7 nitrogen and oxygen atoms in total. The van der Waals surface area contributed by atoms with E-state index in [2.05, 4.69) is 26.9 Å². The van der Waals surface area contributed by atoms with Crippen LogP contribution in [0.2, 0.25) is 0 Å². The van der Waals surface area contributed by atoms with Crippen LogP contribution in [0.3, 0.4) is 0 Å². The Morgan fingerprint density at radius 3 is 2.56 bits per heavy atom. The molecule has 0 bridgehead atoms. The highest BCUT2D eigenvalue weighted by atomic mass is 16.3. The molecule has 2 aliphatic rings. The van der Waals surface area contributed by atoms with Crippen molar-refractivity contribution in [2.45, 2.75) is 56.7 Å². The number of benzene rings is 2. The van der Waals surface area contributed by atoms with Gasteiger partial charge in [-0.15, -0.1) is 0 Å². The molecule has 4 rings (SSSR count). The van der Waals surface area contributed by atoms with Crippen molar-refractivity contribution in [3.63, 3.8) is 0 Å². The summed E-state index contributed by atoms with van der Waals surface area (Å²) < 4.78 is 0. The fraction of sp³-hybridized carbons (Fsp3) is 0.440. The third-order valence-corrected chi connectivity index (χ3v) is 6.42. The maximum absolute atomic E-state index is 12.6. The first-order valence-electron chi connectivity index (χ1n) is 11.5. The van der Waals surface area contributed by atoms with E-state index < -0.39 is 0 Å². The lowest BCUT2D eigenvalue weighted by Gasteiger charge is -2.40. The molecular weight excluding hydrogens is 402 g/mol. The van der Waals surface area contributed by atoms with Gasteiger partial charge in [0.2, 0.25) is 0 Å². The monoisotopic (exact) mass is 433 g/mol. The predicted molar refractivity (Wildman–Crippen MR) is 126 cm³/mol. The van der Waals surface area contributed by atoms with Crippen molar-refractivity contribution in [3.05, 3.63) is 54.1 Å². The number of nitrogens with one attached hydrogen (secondary N) is 3. The second kappa shape index (κ2) is 10.4. The maximum atomic E-state index is 12.6. The second-order valence-corrected chi connectivity index (χ2v) is 8.76. The second-order valence-electron chi connectivity index (χ2n) is 8.76. The minimum absolute atomic E-state index is 0.0753. The summed E-state index contributed by atoms with van der Waals surface area (Å²) >= 11 is 0. The summed E-state index contributed by atoms with van der Waals surface area (Å²) in [6.45, 7) is 1.94. The van der Waals surface area contributed by atoms with Crippen molar-refractivity contribution in [1.82, 2.24) is 10.6 Å². The first-order valence-corrected chi connectivity index (χ1v) is 11.5. The largest absolute Gasteiger partial charge is 0.508 e. The van der Waals surface area contributed by atoms with Gasteiger partial charge in [-0.2, -0.15) is 5.26 Å². The van der Waals surface area contributed by atoms with Gasteiger partial charge < -0.3 is 26.0 Å². The standard InChI is InChI=1S/C25H31N5O2/c26-16-18-10-12-21(13-11-18)30-14-4-6-20(17-30)27-23-8-1-2-9-24(23)29-25(32)28-19-5-3-7-22(31)15-19/h3,5,7,10-13,15,20,23-24,27,31H,1-2,4,6,8-9,14,17H2,(H2,28,29,32)/t20?,23-,24-/m1/s1. The average Bonchev–Trinajstić information content (AvgIpc) is 2.80. The third-order valence-electron chi connectivity index (χ3n) is 6.42. The van der Waals surface area contributed by atoms with E-state index in [1.54, 1.807) is 18.2 Å². The Bertz CT molecular complexity index is 956. The molecule has 3 atom stereocenters. The molecular formula is C25H31N5O2. The van der Waals surface area contributed by atoms with Crippen molar-refractivity contribution >= 4 is 17.4 Å². The van der Waals surface area contributed by atoms with Crippen LogP contribution >= 0.6 is 0 Å². The van der Waals surface area contributed by atoms with Gasteiger partial charge in [-0.1, -0.05) is 18.9 Å². The number of piperidine rings is 1. The molecule has 0 spiro atoms. The van der Waals surface area contributed by atoms with Crippen LogP contribution in [0, 0.1) is 11.3 Å². The summed E-state index contributed by atoms with van der Waals surface area (Å²) in [5.74, 6) is 0.129. The number of carbonyl (C=O) groups is 1. The molecule has 0 radical (unpaired) electrons. The zero-order valence-corrected chi connectivity index (χ0v) is 18.3. The molecule has 7 heteroatoms. The topological polar surface area (TPSA) is 100 Å². The van der Waals surface area contributed by atoms with Gasteiger partial charge >= 0.3 is 6.03 Å². The molecule has 1 aliphatic carbocycles. The number of phenolic OH excluding ortho intramolecular Hbond substituents is 1. The number of carbonyl (C=O) groups excluding carboxylic acids is 1. The molecule has 2 aromatic rings. The van der Waals surface area contributed by atoms with Gasteiger partial charge in [-0.05, 0) is 62.1 Å². The maximum Gasteiger partial charge on any atom is 0.319 e. The van der Waals surface area contributed by atoms with E-state index >= 15 is 0 Å². The summed E-state index contributed by atoms with van der Waals surface area (Å²) in [5, 5.41) is 28.4. The van der Waals surface area contributed by atoms with Gasteiger partial charge in [0, 0.05) is 48.7 Å². The van der Waals surface area contributed by atoms with E-state index in [1.165, 1.54) is 6.07 Å². The number of phenols is 1. The number of hydrogen-bond donors (Lipinski definition) is 4. The molecule has 2 amide bonds. The Hall–Kier alpha value is -3.24. The highest BCUT2D eigenvalue weighted by Crippen LogP contribution is 2.24. The lowest BCUT2D eigenvalue weighted by Crippen LogP contribution is -2.57. The van der Waals surface area contributed by atoms with E-state index in [1.807, 2.05) is 24.3 Å². The van der Waals surface area contributed by atoms with Crippen LogP contribution in [0.15, 0.2) is 48.5 Å². The molecule has 2 aromatic carbocycles. The molecule has 2 fully saturated rings. The van der Waals surface area contributed by atoms with E-state index in [-0.39, 0.29) is 23.9 Å². The number of hydrogen-bond acceptors (Lipinski definition) is 5. The van der Waals surface area contributed by atoms with Crippen molar-refractivity contribution < 1.29 is 9.90 Å². The van der Waals surface area contributed by atoms with Gasteiger partial charge in [0.05, 0.1) is 11.6 Å². The molecule has 1 heterocycles. The average molecular weight is 434 g/mol. The van der Waals surface area contributed by atoms with E-state index in [0.717, 1.165) is 57.3 Å². The predicted octanol–water partition coefficient (Wildman–Crippen LogP) is 3.96. The first kappa shape index (κ1) is 22.0. The van der Waals surface area contributed by atoms with Gasteiger partial charge in [0.15, 0.2) is 0 Å². The highest BCUT2D eigenvalue weighted by molar-refractivity contribution is 5.89. The molecule has 1 saturated heterocycles. The number of amides is 2. The SMILES string of the molecule is N#Cc1ccc(N2CCCC(N[C@@H]3CCCC[C@H]3NC(=O)Nc3cccc(O)c3)C2)cc1. The van der Waals surface area contributed by atoms with Gasteiger partial charge in [0.25, 0.3) is 0 Å². The Morgan fingerprint density at radius 2 is 1.81 bits per heavy atom. The number of urea groups is 1. The third kappa shape index (κ3) is 5.71. The summed E-state index contributed by atoms with van der Waals surface area (Å²) in [6.07, 6.45) is 6.50. The van der Waals surface area contributed by atoms with Gasteiger partial charge in [-0.3, -0.25) is 0 Å². The van der Waals surface area contributed by atoms with Crippen LogP contribution in [-0.4, -0.2) is 42.4 Å². The number of nitrogens with zero attached hydrogens (tertiary/aromatic N) is 2.